The van der Waals surface area contributed by atoms with E-state index in [-0.39, 0.29) is 5.92 Å². The molecule has 21 heavy (non-hydrogen) atoms. The summed E-state index contributed by atoms with van der Waals surface area (Å²) >= 11 is 0. The molecule has 0 aromatic heterocycles. The van der Waals surface area contributed by atoms with Gasteiger partial charge < -0.3 is 5.11 Å². The predicted octanol–water partition coefficient (Wildman–Crippen LogP) is 3.92. The summed E-state index contributed by atoms with van der Waals surface area (Å²) in [7, 11) is 0. The lowest BCUT2D eigenvalue weighted by molar-refractivity contribution is -0.151. The number of carboxylic acid groups (broad SMARTS) is 1. The zero-order valence-corrected chi connectivity index (χ0v) is 13.7. The number of rotatable bonds is 3. The molecule has 0 amide bonds. The molecule has 3 aliphatic rings. The van der Waals surface area contributed by atoms with E-state index in [0.717, 1.165) is 19.5 Å². The van der Waals surface area contributed by atoms with Crippen LogP contribution in [-0.2, 0) is 4.79 Å². The van der Waals surface area contributed by atoms with E-state index < -0.39 is 11.4 Å². The Morgan fingerprint density at radius 2 is 1.71 bits per heavy atom. The predicted molar refractivity (Wildman–Crippen MR) is 84.3 cm³/mol. The van der Waals surface area contributed by atoms with E-state index in [2.05, 4.69) is 18.7 Å². The van der Waals surface area contributed by atoms with E-state index >= 15 is 0 Å². The molecule has 1 saturated heterocycles. The maximum absolute atomic E-state index is 11.8. The van der Waals surface area contributed by atoms with Crippen molar-refractivity contribution in [2.24, 2.45) is 16.7 Å². The van der Waals surface area contributed by atoms with Crippen LogP contribution in [0.4, 0.5) is 0 Å². The van der Waals surface area contributed by atoms with Gasteiger partial charge in [0.15, 0.2) is 0 Å². The minimum Gasteiger partial charge on any atom is -0.481 e. The molecule has 1 atom stereocenters. The number of nitrogens with zero attached hydrogens (tertiary/aromatic N) is 1. The minimum absolute atomic E-state index is 0.227. The van der Waals surface area contributed by atoms with Crippen molar-refractivity contribution in [1.82, 2.24) is 4.90 Å². The molecule has 3 heteroatoms. The van der Waals surface area contributed by atoms with Gasteiger partial charge in [0.1, 0.15) is 0 Å². The van der Waals surface area contributed by atoms with Gasteiger partial charge in [0.25, 0.3) is 0 Å². The summed E-state index contributed by atoms with van der Waals surface area (Å²) in [4.78, 5) is 14.3. The summed E-state index contributed by atoms with van der Waals surface area (Å²) in [6.07, 6.45) is 12.0. The van der Waals surface area contributed by atoms with Crippen molar-refractivity contribution >= 4 is 5.97 Å². The highest BCUT2D eigenvalue weighted by atomic mass is 16.4. The molecule has 1 aliphatic heterocycles. The van der Waals surface area contributed by atoms with Crippen LogP contribution in [0.25, 0.3) is 0 Å². The maximum atomic E-state index is 11.8. The highest BCUT2D eigenvalue weighted by Crippen LogP contribution is 2.50. The first-order valence-corrected chi connectivity index (χ1v) is 8.95. The summed E-state index contributed by atoms with van der Waals surface area (Å²) in [5.41, 5.74) is 0.181. The number of carboxylic acids is 1. The van der Waals surface area contributed by atoms with E-state index in [1.54, 1.807) is 0 Å². The SMILES string of the molecule is CC(C)C1(C(=O)O)CCN(C2CCC3(CCCC3)CC2)C1. The quantitative estimate of drug-likeness (QED) is 0.857. The summed E-state index contributed by atoms with van der Waals surface area (Å²) in [5.74, 6) is -0.354. The van der Waals surface area contributed by atoms with Crippen molar-refractivity contribution in [2.75, 3.05) is 13.1 Å². The van der Waals surface area contributed by atoms with Gasteiger partial charge in [-0.1, -0.05) is 26.7 Å². The van der Waals surface area contributed by atoms with Crippen LogP contribution >= 0.6 is 0 Å². The Bertz CT molecular complexity index is 390. The summed E-state index contributed by atoms with van der Waals surface area (Å²) in [6, 6.07) is 0.649. The van der Waals surface area contributed by atoms with Gasteiger partial charge in [-0.15, -0.1) is 0 Å². The van der Waals surface area contributed by atoms with Gasteiger partial charge in [0.2, 0.25) is 0 Å². The number of carbonyl (C=O) groups is 1. The molecule has 0 aromatic rings. The topological polar surface area (TPSA) is 40.5 Å². The molecule has 0 aromatic carbocycles. The van der Waals surface area contributed by atoms with E-state index in [1.807, 2.05) is 0 Å². The second-order valence-corrected chi connectivity index (χ2v) is 8.27. The fourth-order valence-electron chi connectivity index (χ4n) is 5.27. The zero-order valence-electron chi connectivity index (χ0n) is 13.7. The highest BCUT2D eigenvalue weighted by molar-refractivity contribution is 5.75. The lowest BCUT2D eigenvalue weighted by atomic mass is 9.71. The number of hydrogen-bond acceptors (Lipinski definition) is 2. The second kappa shape index (κ2) is 5.57. The van der Waals surface area contributed by atoms with Crippen LogP contribution < -0.4 is 0 Å². The third-order valence-corrected chi connectivity index (χ3v) is 7.06. The molecule has 1 heterocycles. The van der Waals surface area contributed by atoms with Crippen LogP contribution in [-0.4, -0.2) is 35.1 Å². The molecule has 3 nitrogen and oxygen atoms in total. The average molecular weight is 293 g/mol. The second-order valence-electron chi connectivity index (χ2n) is 8.27. The first-order chi connectivity index (χ1) is 9.97. The molecule has 1 N–H and O–H groups in total. The van der Waals surface area contributed by atoms with Crippen molar-refractivity contribution in [2.45, 2.75) is 77.7 Å². The van der Waals surface area contributed by atoms with E-state index in [0.29, 0.717) is 11.5 Å². The Hall–Kier alpha value is -0.570. The fourth-order valence-corrected chi connectivity index (χ4v) is 5.27. The fraction of sp³-hybridized carbons (Fsp3) is 0.944. The standard InChI is InChI=1S/C18H31NO2/c1-14(2)18(16(20)21)11-12-19(13-18)15-5-9-17(10-6-15)7-3-4-8-17/h14-15H,3-13H2,1-2H3,(H,20,21). The minimum atomic E-state index is -0.580. The first kappa shape index (κ1) is 15.3. The molecular weight excluding hydrogens is 262 g/mol. The smallest absolute Gasteiger partial charge is 0.311 e. The Morgan fingerprint density at radius 1 is 1.10 bits per heavy atom. The maximum Gasteiger partial charge on any atom is 0.311 e. The van der Waals surface area contributed by atoms with Crippen molar-refractivity contribution in [3.63, 3.8) is 0 Å². The Balaban J connectivity index is 1.61. The van der Waals surface area contributed by atoms with E-state index in [4.69, 9.17) is 0 Å². The van der Waals surface area contributed by atoms with E-state index in [1.165, 1.54) is 51.4 Å². The third-order valence-electron chi connectivity index (χ3n) is 7.06. The first-order valence-electron chi connectivity index (χ1n) is 8.95. The van der Waals surface area contributed by atoms with Crippen molar-refractivity contribution in [1.29, 1.82) is 0 Å². The number of aliphatic carboxylic acids is 1. The molecular formula is C18H31NO2. The van der Waals surface area contributed by atoms with Crippen LogP contribution in [0.15, 0.2) is 0 Å². The molecule has 120 valence electrons. The summed E-state index contributed by atoms with van der Waals surface area (Å²) < 4.78 is 0. The van der Waals surface area contributed by atoms with Gasteiger partial charge >= 0.3 is 5.97 Å². The molecule has 3 fully saturated rings. The van der Waals surface area contributed by atoms with Crippen molar-refractivity contribution < 1.29 is 9.90 Å². The Kier molecular flexibility index (Phi) is 4.06. The highest BCUT2D eigenvalue weighted by Gasteiger charge is 2.49. The van der Waals surface area contributed by atoms with Gasteiger partial charge in [-0.2, -0.15) is 0 Å². The van der Waals surface area contributed by atoms with Gasteiger partial charge in [0, 0.05) is 12.6 Å². The van der Waals surface area contributed by atoms with Crippen LogP contribution in [0.3, 0.4) is 0 Å². The third kappa shape index (κ3) is 2.62. The lowest BCUT2D eigenvalue weighted by Gasteiger charge is -2.41. The number of hydrogen-bond donors (Lipinski definition) is 1. The van der Waals surface area contributed by atoms with Gasteiger partial charge in [-0.05, 0) is 62.8 Å². The molecule has 2 saturated carbocycles. The van der Waals surface area contributed by atoms with Crippen LogP contribution in [0.1, 0.15) is 71.6 Å². The molecule has 0 bridgehead atoms. The molecule has 2 aliphatic carbocycles. The van der Waals surface area contributed by atoms with E-state index in [9.17, 15) is 9.90 Å². The monoisotopic (exact) mass is 293 g/mol. The molecule has 1 unspecified atom stereocenters. The largest absolute Gasteiger partial charge is 0.481 e. The van der Waals surface area contributed by atoms with Crippen molar-refractivity contribution in [3.05, 3.63) is 0 Å². The van der Waals surface area contributed by atoms with Crippen molar-refractivity contribution in [3.8, 4) is 0 Å². The summed E-state index contributed by atoms with van der Waals surface area (Å²) in [5, 5.41) is 9.69. The zero-order chi connectivity index (χ0) is 15.1. The van der Waals surface area contributed by atoms with Crippen LogP contribution in [0, 0.1) is 16.7 Å². The lowest BCUT2D eigenvalue weighted by Crippen LogP contribution is -2.43. The summed E-state index contributed by atoms with van der Waals surface area (Å²) in [6.45, 7) is 5.91. The van der Waals surface area contributed by atoms with Gasteiger partial charge in [0.05, 0.1) is 5.41 Å². The average Bonchev–Trinajstić information content (AvgIpc) is 3.08. The van der Waals surface area contributed by atoms with Gasteiger partial charge in [-0.25, -0.2) is 0 Å². The van der Waals surface area contributed by atoms with Crippen LogP contribution in [0.5, 0.6) is 0 Å². The van der Waals surface area contributed by atoms with Crippen LogP contribution in [0.2, 0.25) is 0 Å². The molecule has 0 radical (unpaired) electrons. The molecule has 1 spiro atoms. The molecule has 3 rings (SSSR count). The Labute approximate surface area is 129 Å². The number of likely N-dealkylation sites (tertiary alicyclic amines) is 1. The normalized spacial score (nSPS) is 34.0. The van der Waals surface area contributed by atoms with Gasteiger partial charge in [-0.3, -0.25) is 9.69 Å². The Morgan fingerprint density at radius 3 is 2.19 bits per heavy atom.